The molecule has 1 fully saturated rings. The molecule has 0 aliphatic carbocycles. The van der Waals surface area contributed by atoms with Crippen molar-refractivity contribution in [1.29, 1.82) is 0 Å². The second-order valence-corrected chi connectivity index (χ2v) is 5.16. The van der Waals surface area contributed by atoms with Gasteiger partial charge in [-0.3, -0.25) is 4.79 Å². The number of nitrogens with zero attached hydrogens (tertiary/aromatic N) is 1. The summed E-state index contributed by atoms with van der Waals surface area (Å²) in [5, 5.41) is 9.00. The number of benzene rings is 1. The number of carboxylic acid groups (broad SMARTS) is 1. The van der Waals surface area contributed by atoms with E-state index in [-0.39, 0.29) is 12.5 Å². The molecule has 0 aromatic heterocycles. The molecule has 1 aromatic carbocycles. The number of methoxy groups -OCH3 is 1. The summed E-state index contributed by atoms with van der Waals surface area (Å²) in [5.74, 6) is 0.290. The van der Waals surface area contributed by atoms with Crippen LogP contribution in [0, 0.1) is 0 Å². The summed E-state index contributed by atoms with van der Waals surface area (Å²) in [6, 6.07) is 5.36. The zero-order chi connectivity index (χ0) is 14.5. The molecule has 5 heteroatoms. The van der Waals surface area contributed by atoms with Gasteiger partial charge in [0.2, 0.25) is 0 Å². The van der Waals surface area contributed by atoms with Crippen LogP contribution < -0.4 is 9.47 Å². The van der Waals surface area contributed by atoms with Gasteiger partial charge in [-0.05, 0) is 32.5 Å². The van der Waals surface area contributed by atoms with E-state index in [1.54, 1.807) is 25.3 Å². The topological polar surface area (TPSA) is 59.0 Å². The van der Waals surface area contributed by atoms with Crippen molar-refractivity contribution in [3.63, 3.8) is 0 Å². The summed E-state index contributed by atoms with van der Waals surface area (Å²) >= 11 is 0. The lowest BCUT2D eigenvalue weighted by molar-refractivity contribution is -0.136. The van der Waals surface area contributed by atoms with Gasteiger partial charge in [0.15, 0.2) is 11.5 Å². The number of hydrogen-bond acceptors (Lipinski definition) is 4. The van der Waals surface area contributed by atoms with Crippen molar-refractivity contribution in [3.05, 3.63) is 23.8 Å². The number of ether oxygens (including phenoxy) is 2. The van der Waals surface area contributed by atoms with E-state index in [0.29, 0.717) is 17.1 Å². The molecule has 1 unspecified atom stereocenters. The van der Waals surface area contributed by atoms with Crippen molar-refractivity contribution in [2.75, 3.05) is 27.2 Å². The normalized spacial score (nSPS) is 19.6. The first-order valence-electron chi connectivity index (χ1n) is 6.83. The average molecular weight is 279 g/mol. The Morgan fingerprint density at radius 2 is 2.30 bits per heavy atom. The second kappa shape index (κ2) is 6.61. The first-order chi connectivity index (χ1) is 9.60. The van der Waals surface area contributed by atoms with Gasteiger partial charge >= 0.3 is 5.97 Å². The fourth-order valence-corrected chi connectivity index (χ4v) is 2.54. The lowest BCUT2D eigenvalue weighted by Crippen LogP contribution is -2.38. The molecule has 1 atom stereocenters. The maximum atomic E-state index is 11.0. The zero-order valence-electron chi connectivity index (χ0n) is 12.0. The summed E-state index contributed by atoms with van der Waals surface area (Å²) < 4.78 is 11.4. The summed E-state index contributed by atoms with van der Waals surface area (Å²) in [5.41, 5.74) is 0.657. The molecule has 1 N–H and O–H groups in total. The molecule has 1 aliphatic heterocycles. The Balaban J connectivity index is 2.21. The van der Waals surface area contributed by atoms with Crippen LogP contribution in [0.5, 0.6) is 11.5 Å². The number of rotatable bonds is 5. The van der Waals surface area contributed by atoms with Gasteiger partial charge < -0.3 is 19.5 Å². The first-order valence-corrected chi connectivity index (χ1v) is 6.83. The van der Waals surface area contributed by atoms with E-state index in [9.17, 15) is 4.79 Å². The Bertz CT molecular complexity index is 475. The lowest BCUT2D eigenvalue weighted by atomic mass is 10.1. The van der Waals surface area contributed by atoms with Crippen LogP contribution in [0.2, 0.25) is 0 Å². The quantitative estimate of drug-likeness (QED) is 0.890. The summed E-state index contributed by atoms with van der Waals surface area (Å²) in [6.45, 7) is 1.93. The van der Waals surface area contributed by atoms with Crippen LogP contribution in [-0.4, -0.2) is 49.3 Å². The highest BCUT2D eigenvalue weighted by atomic mass is 16.5. The predicted molar refractivity (Wildman–Crippen MR) is 75.5 cm³/mol. The van der Waals surface area contributed by atoms with Crippen LogP contribution >= 0.6 is 0 Å². The summed E-state index contributed by atoms with van der Waals surface area (Å²) in [7, 11) is 3.63. The van der Waals surface area contributed by atoms with E-state index in [1.807, 2.05) is 0 Å². The Morgan fingerprint density at radius 1 is 1.50 bits per heavy atom. The van der Waals surface area contributed by atoms with Gasteiger partial charge in [-0.25, -0.2) is 0 Å². The number of piperidine rings is 1. The third-order valence-electron chi connectivity index (χ3n) is 3.49. The molecule has 1 aromatic rings. The van der Waals surface area contributed by atoms with Gasteiger partial charge in [-0.2, -0.15) is 0 Å². The van der Waals surface area contributed by atoms with Crippen LogP contribution in [-0.2, 0) is 11.2 Å². The summed E-state index contributed by atoms with van der Waals surface area (Å²) in [4.78, 5) is 13.2. The largest absolute Gasteiger partial charge is 0.493 e. The molecule has 1 heterocycles. The fraction of sp³-hybridized carbons (Fsp3) is 0.533. The average Bonchev–Trinajstić information content (AvgIpc) is 2.40. The first kappa shape index (κ1) is 14.7. The number of para-hydroxylation sites is 1. The van der Waals surface area contributed by atoms with Crippen LogP contribution in [0.3, 0.4) is 0 Å². The molecule has 5 nitrogen and oxygen atoms in total. The molecule has 0 saturated carbocycles. The molecule has 20 heavy (non-hydrogen) atoms. The maximum Gasteiger partial charge on any atom is 0.307 e. The van der Waals surface area contributed by atoms with E-state index in [4.69, 9.17) is 14.6 Å². The molecule has 1 saturated heterocycles. The van der Waals surface area contributed by atoms with E-state index >= 15 is 0 Å². The minimum atomic E-state index is -0.871. The van der Waals surface area contributed by atoms with Gasteiger partial charge in [-0.1, -0.05) is 12.1 Å². The van der Waals surface area contributed by atoms with Crippen molar-refractivity contribution in [2.24, 2.45) is 0 Å². The Hall–Kier alpha value is -1.75. The molecule has 2 rings (SSSR count). The highest BCUT2D eigenvalue weighted by molar-refractivity contribution is 5.72. The van der Waals surface area contributed by atoms with E-state index in [0.717, 1.165) is 25.9 Å². The molecule has 110 valence electrons. The van der Waals surface area contributed by atoms with Crippen molar-refractivity contribution >= 4 is 5.97 Å². The smallest absolute Gasteiger partial charge is 0.307 e. The Labute approximate surface area is 119 Å². The SMILES string of the molecule is COc1cccc(CC(=O)O)c1OC1CCCN(C)C1. The van der Waals surface area contributed by atoms with Crippen molar-refractivity contribution in [1.82, 2.24) is 4.90 Å². The third kappa shape index (κ3) is 3.63. The number of hydrogen-bond donors (Lipinski definition) is 1. The monoisotopic (exact) mass is 279 g/mol. The van der Waals surface area contributed by atoms with Crippen molar-refractivity contribution < 1.29 is 19.4 Å². The number of likely N-dealkylation sites (tertiary alicyclic amines) is 1. The standard InChI is InChI=1S/C15H21NO4/c1-16-8-4-6-12(10-16)20-15-11(9-14(17)18)5-3-7-13(15)19-2/h3,5,7,12H,4,6,8-10H2,1-2H3,(H,17,18). The number of aliphatic carboxylic acids is 1. The molecule has 0 radical (unpaired) electrons. The molecule has 0 bridgehead atoms. The van der Waals surface area contributed by atoms with E-state index < -0.39 is 5.97 Å². The zero-order valence-corrected chi connectivity index (χ0v) is 12.0. The number of carboxylic acids is 1. The fourth-order valence-electron chi connectivity index (χ4n) is 2.54. The summed E-state index contributed by atoms with van der Waals surface area (Å²) in [6.07, 6.45) is 2.09. The molecule has 1 aliphatic rings. The van der Waals surface area contributed by atoms with Gasteiger partial charge in [0.1, 0.15) is 6.10 Å². The Morgan fingerprint density at radius 3 is 2.95 bits per heavy atom. The molecular weight excluding hydrogens is 258 g/mol. The van der Waals surface area contributed by atoms with Crippen LogP contribution in [0.25, 0.3) is 0 Å². The van der Waals surface area contributed by atoms with Crippen LogP contribution in [0.1, 0.15) is 18.4 Å². The Kier molecular flexibility index (Phi) is 4.84. The van der Waals surface area contributed by atoms with Crippen LogP contribution in [0.15, 0.2) is 18.2 Å². The van der Waals surface area contributed by atoms with Gasteiger partial charge in [0.05, 0.1) is 13.5 Å². The van der Waals surface area contributed by atoms with Crippen molar-refractivity contribution in [2.45, 2.75) is 25.4 Å². The predicted octanol–water partition coefficient (Wildman–Crippen LogP) is 1.80. The number of carbonyl (C=O) groups is 1. The second-order valence-electron chi connectivity index (χ2n) is 5.16. The molecule has 0 amide bonds. The third-order valence-corrected chi connectivity index (χ3v) is 3.49. The van der Waals surface area contributed by atoms with Gasteiger partial charge in [0.25, 0.3) is 0 Å². The van der Waals surface area contributed by atoms with Gasteiger partial charge in [-0.15, -0.1) is 0 Å². The minimum absolute atomic E-state index is 0.0604. The van der Waals surface area contributed by atoms with Crippen LogP contribution in [0.4, 0.5) is 0 Å². The van der Waals surface area contributed by atoms with Gasteiger partial charge in [0, 0.05) is 12.1 Å². The lowest BCUT2D eigenvalue weighted by Gasteiger charge is -2.31. The van der Waals surface area contributed by atoms with E-state index in [1.165, 1.54) is 0 Å². The molecule has 0 spiro atoms. The molecular formula is C15H21NO4. The number of likely N-dealkylation sites (N-methyl/N-ethyl adjacent to an activating group) is 1. The van der Waals surface area contributed by atoms with Crippen molar-refractivity contribution in [3.8, 4) is 11.5 Å². The minimum Gasteiger partial charge on any atom is -0.493 e. The highest BCUT2D eigenvalue weighted by Crippen LogP contribution is 2.33. The maximum absolute atomic E-state index is 11.0. The van der Waals surface area contributed by atoms with E-state index in [2.05, 4.69) is 11.9 Å². The highest BCUT2D eigenvalue weighted by Gasteiger charge is 2.22.